The molecule has 0 amide bonds. The Balaban J connectivity index is 2.68. The summed E-state index contributed by atoms with van der Waals surface area (Å²) in [6.07, 6.45) is 1.61. The van der Waals surface area contributed by atoms with Crippen LogP contribution >= 0.6 is 0 Å². The molecule has 2 rings (SSSR count). The highest BCUT2D eigenvalue weighted by atomic mass is 16.3. The third-order valence-electron chi connectivity index (χ3n) is 4.39. The zero-order valence-corrected chi connectivity index (χ0v) is 14.5. The van der Waals surface area contributed by atoms with E-state index in [1.807, 2.05) is 32.9 Å². The van der Waals surface area contributed by atoms with Gasteiger partial charge in [0.05, 0.1) is 13.2 Å². The molecular weight excluding hydrogens is 304 g/mol. The van der Waals surface area contributed by atoms with E-state index in [0.29, 0.717) is 22.3 Å². The molecule has 0 spiro atoms. The van der Waals surface area contributed by atoms with Gasteiger partial charge in [0.2, 0.25) is 0 Å². The molecule has 0 bridgehead atoms. The average Bonchev–Trinajstić information content (AvgIpc) is 2.56. The topological polar surface area (TPSA) is 80.9 Å². The Morgan fingerprint density at radius 3 is 1.54 bits per heavy atom. The average molecular weight is 330 g/mol. The first-order chi connectivity index (χ1) is 11.4. The number of aromatic hydroxyl groups is 2. The number of aliphatic hydroxyl groups is 2. The number of hydrogen-bond donors (Lipinski definition) is 4. The minimum atomic E-state index is -0.235. The zero-order chi connectivity index (χ0) is 17.9. The number of phenols is 2. The summed E-state index contributed by atoms with van der Waals surface area (Å²) in [5, 5.41) is 40.1. The molecule has 0 atom stereocenters. The van der Waals surface area contributed by atoms with Gasteiger partial charge in [-0.3, -0.25) is 0 Å². The molecule has 0 saturated heterocycles. The van der Waals surface area contributed by atoms with Crippen molar-refractivity contribution in [1.82, 2.24) is 0 Å². The lowest BCUT2D eigenvalue weighted by atomic mass is 9.83. The first-order valence-electron chi connectivity index (χ1n) is 8.29. The van der Waals surface area contributed by atoms with Crippen LogP contribution in [0, 0.1) is 13.8 Å². The summed E-state index contributed by atoms with van der Waals surface area (Å²) in [4.78, 5) is 0. The van der Waals surface area contributed by atoms with E-state index in [-0.39, 0.29) is 30.6 Å². The van der Waals surface area contributed by atoms with E-state index in [1.165, 1.54) is 0 Å². The number of aryl methyl sites for hydroxylation is 2. The Labute approximate surface area is 143 Å². The molecule has 0 aliphatic rings. The van der Waals surface area contributed by atoms with E-state index in [4.69, 9.17) is 0 Å². The molecule has 0 heterocycles. The second kappa shape index (κ2) is 7.69. The Hall–Kier alpha value is -2.04. The molecule has 2 aromatic carbocycles. The highest BCUT2D eigenvalue weighted by Crippen LogP contribution is 2.42. The standard InChI is InChI=1S/C20H26O4/c1-4-5-16(17-8-12(2)6-14(10-21)19(17)23)18-9-13(3)7-15(11-22)20(18)24/h6-9,16,21-24H,4-5,10-11H2,1-3H3. The summed E-state index contributed by atoms with van der Waals surface area (Å²) in [5.74, 6) is -0.0496. The van der Waals surface area contributed by atoms with Gasteiger partial charge >= 0.3 is 0 Å². The van der Waals surface area contributed by atoms with Crippen LogP contribution < -0.4 is 0 Å². The second-order valence-corrected chi connectivity index (χ2v) is 6.38. The molecule has 4 nitrogen and oxygen atoms in total. The fraction of sp³-hybridized carbons (Fsp3) is 0.400. The maximum Gasteiger partial charge on any atom is 0.124 e. The van der Waals surface area contributed by atoms with Crippen molar-refractivity contribution in [2.45, 2.75) is 52.7 Å². The molecule has 0 fully saturated rings. The molecule has 0 radical (unpaired) electrons. The van der Waals surface area contributed by atoms with E-state index in [0.717, 1.165) is 24.0 Å². The van der Waals surface area contributed by atoms with Gasteiger partial charge in [-0.25, -0.2) is 0 Å². The zero-order valence-electron chi connectivity index (χ0n) is 14.5. The predicted octanol–water partition coefficient (Wildman–Crippen LogP) is 3.63. The molecule has 0 aliphatic heterocycles. The van der Waals surface area contributed by atoms with Crippen molar-refractivity contribution in [3.8, 4) is 11.5 Å². The van der Waals surface area contributed by atoms with Crippen molar-refractivity contribution < 1.29 is 20.4 Å². The van der Waals surface area contributed by atoms with E-state index < -0.39 is 0 Å². The van der Waals surface area contributed by atoms with Crippen LogP contribution in [0.3, 0.4) is 0 Å². The molecule has 130 valence electrons. The lowest BCUT2D eigenvalue weighted by Crippen LogP contribution is -2.06. The van der Waals surface area contributed by atoms with Crippen LogP contribution in [0.4, 0.5) is 0 Å². The quantitative estimate of drug-likeness (QED) is 0.652. The maximum atomic E-state index is 10.6. The van der Waals surface area contributed by atoms with Crippen molar-refractivity contribution in [3.63, 3.8) is 0 Å². The van der Waals surface area contributed by atoms with Crippen LogP contribution in [0.15, 0.2) is 24.3 Å². The Kier molecular flexibility index (Phi) is 5.86. The molecular formula is C20H26O4. The van der Waals surface area contributed by atoms with Crippen molar-refractivity contribution in [2.75, 3.05) is 0 Å². The van der Waals surface area contributed by atoms with Crippen LogP contribution in [-0.4, -0.2) is 20.4 Å². The summed E-state index contributed by atoms with van der Waals surface area (Å²) >= 11 is 0. The SMILES string of the molecule is CCCC(c1cc(C)cc(CO)c1O)c1cc(C)cc(CO)c1O. The van der Waals surface area contributed by atoms with Gasteiger partial charge in [-0.1, -0.05) is 48.7 Å². The third kappa shape index (κ3) is 3.55. The van der Waals surface area contributed by atoms with Gasteiger partial charge in [0.25, 0.3) is 0 Å². The molecule has 0 saturated carbocycles. The first kappa shape index (κ1) is 18.3. The maximum absolute atomic E-state index is 10.6. The molecule has 4 heteroatoms. The third-order valence-corrected chi connectivity index (χ3v) is 4.39. The summed E-state index contributed by atoms with van der Waals surface area (Å²) in [6.45, 7) is 5.41. The fourth-order valence-electron chi connectivity index (χ4n) is 3.31. The van der Waals surface area contributed by atoms with Gasteiger partial charge in [-0.05, 0) is 20.3 Å². The lowest BCUT2D eigenvalue weighted by Gasteiger charge is -2.23. The van der Waals surface area contributed by atoms with Crippen LogP contribution in [0.2, 0.25) is 0 Å². The monoisotopic (exact) mass is 330 g/mol. The van der Waals surface area contributed by atoms with Crippen molar-refractivity contribution in [3.05, 3.63) is 57.6 Å². The van der Waals surface area contributed by atoms with E-state index in [2.05, 4.69) is 0 Å². The Bertz CT molecular complexity index is 663. The number of rotatable bonds is 6. The largest absolute Gasteiger partial charge is 0.507 e. The molecule has 0 aromatic heterocycles. The smallest absolute Gasteiger partial charge is 0.124 e. The molecule has 24 heavy (non-hydrogen) atoms. The minimum Gasteiger partial charge on any atom is -0.507 e. The van der Waals surface area contributed by atoms with Crippen LogP contribution in [0.25, 0.3) is 0 Å². The first-order valence-corrected chi connectivity index (χ1v) is 8.29. The normalized spacial score (nSPS) is 11.2. The summed E-state index contributed by atoms with van der Waals surface area (Å²) in [7, 11) is 0. The summed E-state index contributed by atoms with van der Waals surface area (Å²) < 4.78 is 0. The van der Waals surface area contributed by atoms with Gasteiger partial charge in [-0.2, -0.15) is 0 Å². The van der Waals surface area contributed by atoms with Crippen molar-refractivity contribution in [2.24, 2.45) is 0 Å². The second-order valence-electron chi connectivity index (χ2n) is 6.38. The molecule has 0 aliphatic carbocycles. The number of aliphatic hydroxyl groups excluding tert-OH is 2. The number of benzene rings is 2. The van der Waals surface area contributed by atoms with Crippen molar-refractivity contribution >= 4 is 0 Å². The van der Waals surface area contributed by atoms with Gasteiger partial charge in [0.15, 0.2) is 0 Å². The molecule has 2 aromatic rings. The predicted molar refractivity (Wildman–Crippen MR) is 94.3 cm³/mol. The molecule has 4 N–H and O–H groups in total. The Morgan fingerprint density at radius 2 is 1.21 bits per heavy atom. The van der Waals surface area contributed by atoms with E-state index in [1.54, 1.807) is 12.1 Å². The van der Waals surface area contributed by atoms with Gasteiger partial charge in [0.1, 0.15) is 11.5 Å². The summed E-state index contributed by atoms with van der Waals surface area (Å²) in [5.41, 5.74) is 4.27. The lowest BCUT2D eigenvalue weighted by molar-refractivity contribution is 0.274. The van der Waals surface area contributed by atoms with E-state index >= 15 is 0 Å². The highest BCUT2D eigenvalue weighted by Gasteiger charge is 2.23. The van der Waals surface area contributed by atoms with Crippen molar-refractivity contribution in [1.29, 1.82) is 0 Å². The number of hydrogen-bond acceptors (Lipinski definition) is 4. The highest BCUT2D eigenvalue weighted by molar-refractivity contribution is 5.53. The van der Waals surface area contributed by atoms with Gasteiger partial charge < -0.3 is 20.4 Å². The minimum absolute atomic E-state index is 0.0769. The van der Waals surface area contributed by atoms with Crippen LogP contribution in [0.1, 0.15) is 59.1 Å². The Morgan fingerprint density at radius 1 is 0.792 bits per heavy atom. The summed E-state index contributed by atoms with van der Waals surface area (Å²) in [6, 6.07) is 7.32. The molecule has 0 unspecified atom stereocenters. The van der Waals surface area contributed by atoms with Crippen LogP contribution in [0.5, 0.6) is 11.5 Å². The van der Waals surface area contributed by atoms with Gasteiger partial charge in [-0.15, -0.1) is 0 Å². The van der Waals surface area contributed by atoms with Gasteiger partial charge in [0, 0.05) is 28.2 Å². The van der Waals surface area contributed by atoms with E-state index in [9.17, 15) is 20.4 Å². The van der Waals surface area contributed by atoms with Crippen LogP contribution in [-0.2, 0) is 13.2 Å². The fourth-order valence-corrected chi connectivity index (χ4v) is 3.31.